The van der Waals surface area contributed by atoms with Crippen LogP contribution in [-0.2, 0) is 17.3 Å². The van der Waals surface area contributed by atoms with Crippen molar-refractivity contribution in [3.63, 3.8) is 0 Å². The van der Waals surface area contributed by atoms with Gasteiger partial charge in [0, 0.05) is 0 Å². The smallest absolute Gasteiger partial charge is 0.693 e. The molecular formula is H10ClN5Ru-5. The second-order valence-electron chi connectivity index (χ2n) is 0. The standard InChI is InChI=1S/ClH.5H2N.Ru/h1H;5*1H2;/q;5*-1;+1/p-1. The Labute approximate surface area is 58.2 Å². The molecule has 7 heavy (non-hydrogen) atoms. The van der Waals surface area contributed by atoms with Crippen molar-refractivity contribution >= 4 is 9.69 Å². The Kier molecular flexibility index (Phi) is 7280. The molecule has 0 spiro atoms. The van der Waals surface area contributed by atoms with Gasteiger partial charge in [0.25, 0.3) is 0 Å². The summed E-state index contributed by atoms with van der Waals surface area (Å²) in [4.78, 5) is 0. The third-order valence-electron chi connectivity index (χ3n) is 0. The van der Waals surface area contributed by atoms with Crippen molar-refractivity contribution in [3.8, 4) is 0 Å². The van der Waals surface area contributed by atoms with E-state index >= 15 is 0 Å². The van der Waals surface area contributed by atoms with Crippen LogP contribution in [0.1, 0.15) is 0 Å². The van der Waals surface area contributed by atoms with Gasteiger partial charge in [0.2, 0.25) is 0 Å². The summed E-state index contributed by atoms with van der Waals surface area (Å²) < 4.78 is 0. The molecule has 0 aromatic rings. The number of rotatable bonds is 0. The summed E-state index contributed by atoms with van der Waals surface area (Å²) in [6, 6.07) is 0. The maximum Gasteiger partial charge on any atom is -0.693 e. The van der Waals surface area contributed by atoms with E-state index in [1.165, 1.54) is 0 Å². The normalized spacial score (nSPS) is 0.857. The first-order chi connectivity index (χ1) is 1.00. The summed E-state index contributed by atoms with van der Waals surface area (Å²) in [6.07, 6.45) is 0. The maximum atomic E-state index is 4.57. The van der Waals surface area contributed by atoms with Crippen molar-refractivity contribution in [2.24, 2.45) is 0 Å². The average Bonchev–Trinajstić information content (AvgIpc) is 1.00. The molecule has 0 aromatic carbocycles. The van der Waals surface area contributed by atoms with Crippen molar-refractivity contribution in [1.82, 2.24) is 0 Å². The average molecular weight is 217 g/mol. The van der Waals surface area contributed by atoms with Crippen LogP contribution >= 0.6 is 9.69 Å². The molecule has 0 radical (unpaired) electrons. The molecule has 0 heterocycles. The molecule has 0 saturated carbocycles. The van der Waals surface area contributed by atoms with E-state index in [0.29, 0.717) is 0 Å². The number of halogens is 1. The van der Waals surface area contributed by atoms with E-state index < -0.39 is 0 Å². The van der Waals surface area contributed by atoms with Gasteiger partial charge >= 0.3 is 27.0 Å². The minimum Gasteiger partial charge on any atom is -0.693 e. The van der Waals surface area contributed by atoms with E-state index in [0.717, 1.165) is 0 Å². The molecule has 0 aliphatic rings. The molecule has 0 aliphatic heterocycles. The van der Waals surface area contributed by atoms with Gasteiger partial charge in [0.05, 0.1) is 0 Å². The largest absolute Gasteiger partial charge is 0.693 e. The molecule has 0 amide bonds. The summed E-state index contributed by atoms with van der Waals surface area (Å²) in [5.41, 5.74) is 0. The van der Waals surface area contributed by atoms with Crippen LogP contribution in [0.25, 0.3) is 30.8 Å². The first-order valence-corrected chi connectivity index (χ1v) is 2.37. The Morgan fingerprint density at radius 3 is 0.571 bits per heavy atom. The van der Waals surface area contributed by atoms with Crippen molar-refractivity contribution in [2.45, 2.75) is 0 Å². The van der Waals surface area contributed by atoms with Crippen LogP contribution in [0.5, 0.6) is 0 Å². The topological polar surface area (TPSA) is 168 Å². The zero-order valence-corrected chi connectivity index (χ0v) is 6.11. The minimum atomic E-state index is 0. The fourth-order valence-electron chi connectivity index (χ4n) is 0. The Morgan fingerprint density at radius 1 is 0.571 bits per heavy atom. The van der Waals surface area contributed by atoms with Crippen molar-refractivity contribution in [3.05, 3.63) is 30.8 Å². The third-order valence-corrected chi connectivity index (χ3v) is 0. The molecule has 0 aliphatic carbocycles. The SMILES string of the molecule is [Cl][Ru].[NH2-].[NH2-].[NH2-].[NH2-].[NH2-]. The van der Waals surface area contributed by atoms with E-state index in [-0.39, 0.29) is 30.8 Å². The minimum absolute atomic E-state index is 0. The maximum absolute atomic E-state index is 4.57. The molecule has 7 heteroatoms. The first-order valence-electron chi connectivity index (χ1n) is 0.134. The van der Waals surface area contributed by atoms with Crippen LogP contribution in [0.15, 0.2) is 0 Å². The van der Waals surface area contributed by atoms with Gasteiger partial charge in [-0.25, -0.2) is 0 Å². The Morgan fingerprint density at radius 2 is 0.571 bits per heavy atom. The predicted molar refractivity (Wildman–Crippen MR) is 32.3 cm³/mol. The monoisotopic (exact) mass is 217 g/mol. The molecule has 0 unspecified atom stereocenters. The van der Waals surface area contributed by atoms with Gasteiger partial charge in [0.15, 0.2) is 0 Å². The first kappa shape index (κ1) is 118. The van der Waals surface area contributed by atoms with Crippen LogP contribution in [-0.4, -0.2) is 0 Å². The predicted octanol–water partition coefficient (Wildman–Crippen LogP) is 4.27. The molecule has 0 rings (SSSR count). The van der Waals surface area contributed by atoms with Gasteiger partial charge in [-0.2, -0.15) is 0 Å². The number of nitrogens with two attached hydrogens (primary N) is 5. The molecule has 0 atom stereocenters. The van der Waals surface area contributed by atoms with Crippen molar-refractivity contribution in [1.29, 1.82) is 0 Å². The van der Waals surface area contributed by atoms with Gasteiger partial charge in [-0.15, -0.1) is 0 Å². The Bertz CT molecular complexity index is 8.04. The van der Waals surface area contributed by atoms with Gasteiger partial charge in [-0.3, -0.25) is 0 Å². The third kappa shape index (κ3) is 293. The molecule has 0 aromatic heterocycles. The van der Waals surface area contributed by atoms with Crippen LogP contribution in [0.4, 0.5) is 0 Å². The van der Waals surface area contributed by atoms with Gasteiger partial charge in [0.1, 0.15) is 0 Å². The van der Waals surface area contributed by atoms with E-state index in [9.17, 15) is 0 Å². The molecule has 0 fully saturated rings. The summed E-state index contributed by atoms with van der Waals surface area (Å²) in [5, 5.41) is 0. The van der Waals surface area contributed by atoms with Crippen LogP contribution in [0.3, 0.4) is 0 Å². The molecule has 5 nitrogen and oxygen atoms in total. The molecule has 0 saturated heterocycles. The molecule has 0 bridgehead atoms. The van der Waals surface area contributed by atoms with Crippen LogP contribution in [0.2, 0.25) is 0 Å². The zero-order chi connectivity index (χ0) is 2.00. The van der Waals surface area contributed by atoms with E-state index in [1.807, 2.05) is 17.3 Å². The molecule has 55 valence electrons. The summed E-state index contributed by atoms with van der Waals surface area (Å²) in [7, 11) is 4.57. The zero-order valence-electron chi connectivity index (χ0n) is 3.62. The second kappa shape index (κ2) is 431. The van der Waals surface area contributed by atoms with Crippen molar-refractivity contribution < 1.29 is 17.3 Å². The fraction of sp³-hybridized carbons (Fsp3) is 0. The van der Waals surface area contributed by atoms with Crippen molar-refractivity contribution in [2.75, 3.05) is 0 Å². The quantitative estimate of drug-likeness (QED) is 0.527. The van der Waals surface area contributed by atoms with Crippen LogP contribution < -0.4 is 0 Å². The summed E-state index contributed by atoms with van der Waals surface area (Å²) in [6.45, 7) is 0. The Balaban J connectivity index is -0.000000000500. The molecule has 10 N–H and O–H groups in total. The summed E-state index contributed by atoms with van der Waals surface area (Å²) in [5.74, 6) is 0. The van der Waals surface area contributed by atoms with Gasteiger partial charge < -0.3 is 30.8 Å². The van der Waals surface area contributed by atoms with Gasteiger partial charge in [-0.05, 0) is 0 Å². The van der Waals surface area contributed by atoms with E-state index in [1.54, 1.807) is 0 Å². The van der Waals surface area contributed by atoms with Crippen LogP contribution in [0, 0.1) is 0 Å². The fourth-order valence-corrected chi connectivity index (χ4v) is 0. The molecular weight excluding hydrogens is 207 g/mol. The Hall–Kier alpha value is 0.713. The number of hydrogen-bond acceptors (Lipinski definition) is 0. The van der Waals surface area contributed by atoms with E-state index in [4.69, 9.17) is 0 Å². The van der Waals surface area contributed by atoms with Gasteiger partial charge in [-0.1, -0.05) is 0 Å². The second-order valence-corrected chi connectivity index (χ2v) is 0. The summed E-state index contributed by atoms with van der Waals surface area (Å²) >= 11 is 1.82. The van der Waals surface area contributed by atoms with E-state index in [2.05, 4.69) is 9.69 Å². The number of hydrogen-bond donors (Lipinski definition) is 0.